The summed E-state index contributed by atoms with van der Waals surface area (Å²) in [6, 6.07) is 4.94. The molecule has 6 heteroatoms. The third-order valence-corrected chi connectivity index (χ3v) is 8.74. The monoisotopic (exact) mass is 516 g/mol. The zero-order valence-corrected chi connectivity index (χ0v) is 22.1. The van der Waals surface area contributed by atoms with E-state index in [4.69, 9.17) is 14.2 Å². The number of rotatable bonds is 8. The summed E-state index contributed by atoms with van der Waals surface area (Å²) in [5, 5.41) is 0. The Labute approximate surface area is 218 Å². The topological polar surface area (TPSA) is 27.7 Å². The molecule has 1 saturated heterocycles. The van der Waals surface area contributed by atoms with Gasteiger partial charge in [-0.25, -0.2) is 4.39 Å². The highest BCUT2D eigenvalue weighted by atomic mass is 19.2. The SMILES string of the molecule is CCCC1CCC(C2CCC(CCc3cc4c(c(F)c3F)Oc3c(ccc(OCC)c3F)C4)OC2)CC1. The molecule has 2 heterocycles. The lowest BCUT2D eigenvalue weighted by molar-refractivity contribution is -0.0418. The van der Waals surface area contributed by atoms with Gasteiger partial charge in [-0.1, -0.05) is 38.7 Å². The highest BCUT2D eigenvalue weighted by molar-refractivity contribution is 5.54. The summed E-state index contributed by atoms with van der Waals surface area (Å²) in [6.45, 7) is 5.11. The van der Waals surface area contributed by atoms with E-state index in [1.165, 1.54) is 38.5 Å². The van der Waals surface area contributed by atoms with E-state index >= 15 is 4.39 Å². The van der Waals surface area contributed by atoms with Gasteiger partial charge in [0, 0.05) is 17.5 Å². The Balaban J connectivity index is 1.18. The van der Waals surface area contributed by atoms with Crippen LogP contribution in [0.4, 0.5) is 13.2 Å². The van der Waals surface area contributed by atoms with Crippen molar-refractivity contribution in [1.29, 1.82) is 0 Å². The molecule has 1 aliphatic carbocycles. The average molecular weight is 517 g/mol. The van der Waals surface area contributed by atoms with Gasteiger partial charge in [0.25, 0.3) is 0 Å². The molecule has 2 atom stereocenters. The van der Waals surface area contributed by atoms with Crippen LogP contribution in [0.1, 0.15) is 88.3 Å². The summed E-state index contributed by atoms with van der Waals surface area (Å²) >= 11 is 0. The van der Waals surface area contributed by atoms with Crippen LogP contribution in [0.25, 0.3) is 0 Å². The van der Waals surface area contributed by atoms with E-state index in [1.54, 1.807) is 25.1 Å². The van der Waals surface area contributed by atoms with Crippen molar-refractivity contribution >= 4 is 0 Å². The number of hydrogen-bond donors (Lipinski definition) is 0. The minimum absolute atomic E-state index is 0.0427. The zero-order valence-electron chi connectivity index (χ0n) is 22.1. The molecule has 2 aromatic carbocycles. The van der Waals surface area contributed by atoms with Crippen molar-refractivity contribution in [3.8, 4) is 17.2 Å². The van der Waals surface area contributed by atoms with E-state index in [0.717, 1.165) is 31.3 Å². The second kappa shape index (κ2) is 11.7. The van der Waals surface area contributed by atoms with E-state index in [9.17, 15) is 8.78 Å². The highest BCUT2D eigenvalue weighted by Gasteiger charge is 2.32. The maximum Gasteiger partial charge on any atom is 0.207 e. The van der Waals surface area contributed by atoms with Crippen molar-refractivity contribution in [2.24, 2.45) is 17.8 Å². The van der Waals surface area contributed by atoms with Crippen LogP contribution >= 0.6 is 0 Å². The third-order valence-electron chi connectivity index (χ3n) is 8.74. The fraction of sp³-hybridized carbons (Fsp3) is 0.613. The second-order valence-electron chi connectivity index (χ2n) is 11.1. The lowest BCUT2D eigenvalue weighted by Gasteiger charge is -2.38. The lowest BCUT2D eigenvalue weighted by Crippen LogP contribution is -2.32. The second-order valence-corrected chi connectivity index (χ2v) is 11.1. The molecule has 0 bridgehead atoms. The first-order valence-corrected chi connectivity index (χ1v) is 14.2. The molecule has 3 nitrogen and oxygen atoms in total. The van der Waals surface area contributed by atoms with Crippen molar-refractivity contribution in [3.63, 3.8) is 0 Å². The summed E-state index contributed by atoms with van der Waals surface area (Å²) in [7, 11) is 0. The minimum atomic E-state index is -1.05. The third kappa shape index (κ3) is 5.64. The first kappa shape index (κ1) is 26.4. The van der Waals surface area contributed by atoms with Crippen molar-refractivity contribution in [2.75, 3.05) is 13.2 Å². The van der Waals surface area contributed by atoms with Gasteiger partial charge in [0.1, 0.15) is 0 Å². The smallest absolute Gasteiger partial charge is 0.207 e. The van der Waals surface area contributed by atoms with Gasteiger partial charge in [-0.05, 0) is 80.9 Å². The summed E-state index contributed by atoms with van der Waals surface area (Å²) in [5.41, 5.74) is 1.46. The molecule has 3 aliphatic rings. The fourth-order valence-corrected chi connectivity index (χ4v) is 6.64. The maximum absolute atomic E-state index is 15.0. The molecule has 2 aromatic rings. The summed E-state index contributed by atoms with van der Waals surface area (Å²) in [6.07, 6.45) is 11.6. The molecule has 2 fully saturated rings. The Kier molecular flexibility index (Phi) is 8.33. The van der Waals surface area contributed by atoms with Crippen LogP contribution in [0.15, 0.2) is 18.2 Å². The molecule has 0 aromatic heterocycles. The van der Waals surface area contributed by atoms with Gasteiger partial charge in [0.05, 0.1) is 19.3 Å². The number of halogens is 3. The molecule has 0 spiro atoms. The fourth-order valence-electron chi connectivity index (χ4n) is 6.64. The molecule has 0 N–H and O–H groups in total. The van der Waals surface area contributed by atoms with Crippen LogP contribution in [-0.4, -0.2) is 19.3 Å². The molecule has 1 saturated carbocycles. The molecule has 202 valence electrons. The van der Waals surface area contributed by atoms with Crippen LogP contribution in [0.3, 0.4) is 0 Å². The first-order chi connectivity index (χ1) is 18.0. The lowest BCUT2D eigenvalue weighted by atomic mass is 9.73. The van der Waals surface area contributed by atoms with Gasteiger partial charge in [-0.15, -0.1) is 0 Å². The van der Waals surface area contributed by atoms with E-state index < -0.39 is 17.5 Å². The Morgan fingerprint density at radius 3 is 2.30 bits per heavy atom. The van der Waals surface area contributed by atoms with Crippen molar-refractivity contribution < 1.29 is 27.4 Å². The van der Waals surface area contributed by atoms with E-state index in [0.29, 0.717) is 42.1 Å². The largest absolute Gasteiger partial charge is 0.491 e. The van der Waals surface area contributed by atoms with E-state index in [1.807, 2.05) is 0 Å². The predicted octanol–water partition coefficient (Wildman–Crippen LogP) is 8.53. The van der Waals surface area contributed by atoms with Crippen LogP contribution in [-0.2, 0) is 17.6 Å². The van der Waals surface area contributed by atoms with Crippen molar-refractivity contribution in [1.82, 2.24) is 0 Å². The van der Waals surface area contributed by atoms with Crippen LogP contribution < -0.4 is 9.47 Å². The Morgan fingerprint density at radius 1 is 0.838 bits per heavy atom. The Morgan fingerprint density at radius 2 is 1.59 bits per heavy atom. The molecule has 0 radical (unpaired) electrons. The number of ether oxygens (including phenoxy) is 3. The normalized spacial score (nSPS) is 25.2. The van der Waals surface area contributed by atoms with Crippen LogP contribution in [0, 0.1) is 35.2 Å². The molecule has 0 amide bonds. The van der Waals surface area contributed by atoms with Crippen LogP contribution in [0.2, 0.25) is 0 Å². The Bertz CT molecular complexity index is 1090. The molecular formula is C31H39F3O3. The predicted molar refractivity (Wildman–Crippen MR) is 138 cm³/mol. The van der Waals surface area contributed by atoms with Gasteiger partial charge in [-0.2, -0.15) is 8.78 Å². The number of hydrogen-bond acceptors (Lipinski definition) is 3. The standard InChI is InChI=1S/C31H39F3O3/c1-3-5-19-6-8-20(9-7-19)23-11-14-25(36-18-23)13-10-21-16-24-17-22-12-15-26(35-4-2)28(33)30(22)37-31(24)29(34)27(21)32/h12,15-16,19-20,23,25H,3-11,13-14,17-18H2,1-2H3. The van der Waals surface area contributed by atoms with Crippen LogP contribution in [0.5, 0.6) is 17.2 Å². The summed E-state index contributed by atoms with van der Waals surface area (Å²) in [4.78, 5) is 0. The quantitative estimate of drug-likeness (QED) is 0.300. The van der Waals surface area contributed by atoms with Crippen molar-refractivity contribution in [2.45, 2.75) is 90.6 Å². The van der Waals surface area contributed by atoms with Gasteiger partial charge >= 0.3 is 0 Å². The highest BCUT2D eigenvalue weighted by Crippen LogP contribution is 2.44. The number of benzene rings is 2. The summed E-state index contributed by atoms with van der Waals surface area (Å²) in [5.74, 6) is -0.604. The maximum atomic E-state index is 15.0. The van der Waals surface area contributed by atoms with E-state index in [-0.39, 0.29) is 29.8 Å². The van der Waals surface area contributed by atoms with Gasteiger partial charge in [0.15, 0.2) is 23.1 Å². The summed E-state index contributed by atoms with van der Waals surface area (Å²) < 4.78 is 61.9. The van der Waals surface area contributed by atoms with Gasteiger partial charge < -0.3 is 14.2 Å². The number of aryl methyl sites for hydroxylation is 1. The van der Waals surface area contributed by atoms with E-state index in [2.05, 4.69) is 6.92 Å². The number of fused-ring (bicyclic) bond motifs is 2. The first-order valence-electron chi connectivity index (χ1n) is 14.2. The average Bonchev–Trinajstić information content (AvgIpc) is 2.92. The molecular weight excluding hydrogens is 477 g/mol. The van der Waals surface area contributed by atoms with Crippen molar-refractivity contribution in [3.05, 3.63) is 52.3 Å². The molecule has 2 unspecified atom stereocenters. The Hall–Kier alpha value is -2.21. The van der Waals surface area contributed by atoms with Gasteiger partial charge in [-0.3, -0.25) is 0 Å². The zero-order chi connectivity index (χ0) is 25.9. The molecule has 37 heavy (non-hydrogen) atoms. The minimum Gasteiger partial charge on any atom is -0.491 e. The van der Waals surface area contributed by atoms with Gasteiger partial charge in [0.2, 0.25) is 11.6 Å². The molecule has 2 aliphatic heterocycles. The molecule has 5 rings (SSSR count).